The van der Waals surface area contributed by atoms with Crippen molar-refractivity contribution in [3.63, 3.8) is 0 Å². The number of rotatable bonds is 3. The van der Waals surface area contributed by atoms with Crippen molar-refractivity contribution in [2.75, 3.05) is 0 Å². The van der Waals surface area contributed by atoms with E-state index >= 15 is 0 Å². The lowest BCUT2D eigenvalue weighted by atomic mass is 9.85. The maximum atomic E-state index is 2.43. The van der Waals surface area contributed by atoms with Crippen molar-refractivity contribution in [1.29, 1.82) is 0 Å². The molecule has 0 spiro atoms. The van der Waals surface area contributed by atoms with Crippen LogP contribution in [0.2, 0.25) is 0 Å². The SMILES string of the molecule is Ic1ccccc1[C](c1ccccc1I)c1ccccc1I. The average Bonchev–Trinajstić information content (AvgIpc) is 2.53. The van der Waals surface area contributed by atoms with Crippen LogP contribution in [0.4, 0.5) is 0 Å². The Balaban J connectivity index is 2.27. The molecule has 0 bridgehead atoms. The molecule has 0 unspecified atom stereocenters. The first-order chi connectivity index (χ1) is 10.7. The lowest BCUT2D eigenvalue weighted by Gasteiger charge is -2.21. The van der Waals surface area contributed by atoms with Crippen LogP contribution in [-0.2, 0) is 0 Å². The molecule has 3 heteroatoms. The van der Waals surface area contributed by atoms with Gasteiger partial charge in [-0.2, -0.15) is 0 Å². The van der Waals surface area contributed by atoms with Gasteiger partial charge in [0.25, 0.3) is 0 Å². The van der Waals surface area contributed by atoms with E-state index in [1.54, 1.807) is 0 Å². The number of hydrogen-bond acceptors (Lipinski definition) is 0. The van der Waals surface area contributed by atoms with Crippen LogP contribution >= 0.6 is 67.8 Å². The molecule has 1 radical (unpaired) electrons. The van der Waals surface area contributed by atoms with Gasteiger partial charge in [-0.15, -0.1) is 0 Å². The molecule has 0 amide bonds. The summed E-state index contributed by atoms with van der Waals surface area (Å²) in [7, 11) is 0. The highest BCUT2D eigenvalue weighted by atomic mass is 127. The van der Waals surface area contributed by atoms with E-state index in [9.17, 15) is 0 Å². The highest BCUT2D eigenvalue weighted by Crippen LogP contribution is 2.37. The van der Waals surface area contributed by atoms with E-state index in [0.29, 0.717) is 0 Å². The number of hydrogen-bond donors (Lipinski definition) is 0. The molecule has 0 N–H and O–H groups in total. The molecule has 0 saturated heterocycles. The summed E-state index contributed by atoms with van der Waals surface area (Å²) in [5.74, 6) is 1.31. The van der Waals surface area contributed by atoms with Crippen molar-refractivity contribution in [2.24, 2.45) is 0 Å². The molecule has 22 heavy (non-hydrogen) atoms. The van der Waals surface area contributed by atoms with Gasteiger partial charge in [-0.25, -0.2) is 0 Å². The predicted octanol–water partition coefficient (Wildman–Crippen LogP) is 6.52. The summed E-state index contributed by atoms with van der Waals surface area (Å²) in [5, 5.41) is 0. The van der Waals surface area contributed by atoms with Crippen molar-refractivity contribution < 1.29 is 0 Å². The Kier molecular flexibility index (Phi) is 5.78. The average molecular weight is 621 g/mol. The third-order valence-corrected chi connectivity index (χ3v) is 6.25. The van der Waals surface area contributed by atoms with Gasteiger partial charge in [0.15, 0.2) is 0 Å². The van der Waals surface area contributed by atoms with E-state index in [0.717, 1.165) is 0 Å². The summed E-state index contributed by atoms with van der Waals surface area (Å²) in [4.78, 5) is 0. The lowest BCUT2D eigenvalue weighted by molar-refractivity contribution is 1.19. The van der Waals surface area contributed by atoms with E-state index in [1.165, 1.54) is 33.3 Å². The number of benzene rings is 3. The van der Waals surface area contributed by atoms with Gasteiger partial charge < -0.3 is 0 Å². The summed E-state index contributed by atoms with van der Waals surface area (Å²) in [6.45, 7) is 0. The van der Waals surface area contributed by atoms with Crippen molar-refractivity contribution in [1.82, 2.24) is 0 Å². The van der Waals surface area contributed by atoms with Gasteiger partial charge in [0.2, 0.25) is 0 Å². The highest BCUT2D eigenvalue weighted by Gasteiger charge is 2.23. The normalized spacial score (nSPS) is 10.9. The van der Waals surface area contributed by atoms with Gasteiger partial charge in [0.05, 0.1) is 5.92 Å². The summed E-state index contributed by atoms with van der Waals surface area (Å²) < 4.78 is 3.82. The van der Waals surface area contributed by atoms with Gasteiger partial charge in [-0.3, -0.25) is 0 Å². The molecule has 3 aromatic carbocycles. The van der Waals surface area contributed by atoms with E-state index in [4.69, 9.17) is 0 Å². The third kappa shape index (κ3) is 3.51. The molecule has 0 aromatic heterocycles. The minimum absolute atomic E-state index is 1.27. The molecule has 0 heterocycles. The molecule has 0 aliphatic rings. The van der Waals surface area contributed by atoms with Crippen molar-refractivity contribution in [2.45, 2.75) is 0 Å². The standard InChI is InChI=1S/C19H12I3/c20-16-10-4-1-7-13(16)19(14-8-2-5-11-17(14)21)15-9-3-6-12-18(15)22/h1-12H. The maximum Gasteiger partial charge on any atom is 0.0661 e. The maximum absolute atomic E-state index is 2.43. The summed E-state index contributed by atoms with van der Waals surface area (Å²) in [5.41, 5.74) is 3.86. The Hall–Kier alpha value is -0.150. The molecule has 0 aliphatic carbocycles. The molecule has 3 aromatic rings. The fourth-order valence-electron chi connectivity index (χ4n) is 2.43. The van der Waals surface area contributed by atoms with Crippen LogP contribution in [0, 0.1) is 16.6 Å². The van der Waals surface area contributed by atoms with E-state index in [1.807, 2.05) is 0 Å². The van der Waals surface area contributed by atoms with Crippen LogP contribution in [0.15, 0.2) is 72.8 Å². The second-order valence-corrected chi connectivity index (χ2v) is 8.30. The van der Waals surface area contributed by atoms with Crippen molar-refractivity contribution in [3.8, 4) is 0 Å². The Labute approximate surface area is 172 Å². The zero-order valence-electron chi connectivity index (χ0n) is 11.6. The lowest BCUT2D eigenvalue weighted by Crippen LogP contribution is -2.09. The molecule has 0 aliphatic heterocycles. The Morgan fingerprint density at radius 2 is 0.727 bits per heavy atom. The van der Waals surface area contributed by atoms with Crippen LogP contribution in [-0.4, -0.2) is 0 Å². The van der Waals surface area contributed by atoms with Gasteiger partial charge in [-0.1, -0.05) is 54.6 Å². The van der Waals surface area contributed by atoms with Crippen LogP contribution < -0.4 is 0 Å². The van der Waals surface area contributed by atoms with Crippen molar-refractivity contribution >= 4 is 67.8 Å². The van der Waals surface area contributed by atoms with E-state index in [2.05, 4.69) is 141 Å². The monoisotopic (exact) mass is 621 g/mol. The molecule has 0 fully saturated rings. The first kappa shape index (κ1) is 16.7. The largest absolute Gasteiger partial charge is 0.0661 e. The van der Waals surface area contributed by atoms with Crippen LogP contribution in [0.25, 0.3) is 0 Å². The minimum Gasteiger partial charge on any atom is -0.0619 e. The number of halogens is 3. The van der Waals surface area contributed by atoms with Gasteiger partial charge in [-0.05, 0) is 103 Å². The summed E-state index contributed by atoms with van der Waals surface area (Å²) in [6.07, 6.45) is 0. The summed E-state index contributed by atoms with van der Waals surface area (Å²) in [6, 6.07) is 25.8. The Morgan fingerprint density at radius 3 is 1.00 bits per heavy atom. The third-order valence-electron chi connectivity index (χ3n) is 3.43. The first-order valence-electron chi connectivity index (χ1n) is 6.80. The quantitative estimate of drug-likeness (QED) is 0.231. The molecular weight excluding hydrogens is 609 g/mol. The van der Waals surface area contributed by atoms with Crippen LogP contribution in [0.5, 0.6) is 0 Å². The Morgan fingerprint density at radius 1 is 0.455 bits per heavy atom. The van der Waals surface area contributed by atoms with E-state index < -0.39 is 0 Å². The Bertz CT molecular complexity index is 688. The van der Waals surface area contributed by atoms with Gasteiger partial charge in [0.1, 0.15) is 0 Å². The highest BCUT2D eigenvalue weighted by molar-refractivity contribution is 14.1. The zero-order chi connectivity index (χ0) is 15.5. The molecule has 0 nitrogen and oxygen atoms in total. The minimum atomic E-state index is 1.27. The second kappa shape index (κ2) is 7.61. The molecule has 3 rings (SSSR count). The summed E-state index contributed by atoms with van der Waals surface area (Å²) >= 11 is 7.28. The zero-order valence-corrected chi connectivity index (χ0v) is 18.0. The fourth-order valence-corrected chi connectivity index (χ4v) is 4.40. The first-order valence-corrected chi connectivity index (χ1v) is 10.0. The molecule has 0 saturated carbocycles. The molecular formula is C19H12I3. The second-order valence-electron chi connectivity index (χ2n) is 4.81. The predicted molar refractivity (Wildman–Crippen MR) is 118 cm³/mol. The topological polar surface area (TPSA) is 0 Å². The fraction of sp³-hybridized carbons (Fsp3) is 0. The van der Waals surface area contributed by atoms with Crippen LogP contribution in [0.1, 0.15) is 16.7 Å². The van der Waals surface area contributed by atoms with Crippen LogP contribution in [0.3, 0.4) is 0 Å². The van der Waals surface area contributed by atoms with E-state index in [-0.39, 0.29) is 0 Å². The molecule has 109 valence electrons. The van der Waals surface area contributed by atoms with Crippen molar-refractivity contribution in [3.05, 3.63) is 106 Å². The van der Waals surface area contributed by atoms with Gasteiger partial charge in [0, 0.05) is 10.7 Å². The molecule has 0 atom stereocenters. The van der Waals surface area contributed by atoms with Gasteiger partial charge >= 0.3 is 0 Å². The smallest absolute Gasteiger partial charge is 0.0619 e.